The largest absolute Gasteiger partial charge is 0.400 e. The first kappa shape index (κ1) is 16.3. The second kappa shape index (κ2) is 10.4. The summed E-state index contributed by atoms with van der Waals surface area (Å²) >= 11 is 3.27. The molecule has 1 fully saturated rings. The molecule has 98 valence electrons. The second-order valence-electron chi connectivity index (χ2n) is 3.37. The molecule has 1 aliphatic heterocycles. The van der Waals surface area contributed by atoms with E-state index in [0.717, 1.165) is 25.3 Å². The molecule has 1 saturated heterocycles. The predicted octanol–water partition coefficient (Wildman–Crippen LogP) is 0.602. The van der Waals surface area contributed by atoms with E-state index < -0.39 is 18.7 Å². The number of aliphatic hydroxyl groups is 3. The lowest BCUT2D eigenvalue weighted by molar-refractivity contribution is -0.274. The van der Waals surface area contributed by atoms with Gasteiger partial charge in [-0.2, -0.15) is 0 Å². The molecule has 0 aromatic heterocycles. The number of hydrogen-bond acceptors (Lipinski definition) is 5. The molecule has 0 amide bonds. The third-order valence-corrected chi connectivity index (χ3v) is 2.68. The molecule has 6 heteroatoms. The Morgan fingerprint density at radius 1 is 1.50 bits per heavy atom. The second-order valence-corrected chi connectivity index (χ2v) is 4.16. The summed E-state index contributed by atoms with van der Waals surface area (Å²) in [5.74, 6) is 0. The number of halogens is 1. The van der Waals surface area contributed by atoms with Gasteiger partial charge in [0.25, 0.3) is 0 Å². The predicted molar refractivity (Wildman–Crippen MR) is 63.2 cm³/mol. The first-order valence-electron chi connectivity index (χ1n) is 5.38. The number of ether oxygens (including phenoxy) is 2. The summed E-state index contributed by atoms with van der Waals surface area (Å²) in [5.41, 5.74) is 0. The molecule has 1 heterocycles. The molecule has 16 heavy (non-hydrogen) atoms. The lowest BCUT2D eigenvalue weighted by Gasteiger charge is -2.29. The van der Waals surface area contributed by atoms with Crippen LogP contribution in [-0.2, 0) is 9.47 Å². The van der Waals surface area contributed by atoms with E-state index in [0.29, 0.717) is 19.4 Å². The van der Waals surface area contributed by atoms with Gasteiger partial charge in [0.2, 0.25) is 0 Å². The van der Waals surface area contributed by atoms with Crippen LogP contribution >= 0.6 is 15.9 Å². The van der Waals surface area contributed by atoms with Gasteiger partial charge < -0.3 is 24.8 Å². The fourth-order valence-electron chi connectivity index (χ4n) is 1.34. The van der Waals surface area contributed by atoms with Crippen LogP contribution in [0.3, 0.4) is 0 Å². The van der Waals surface area contributed by atoms with E-state index >= 15 is 0 Å². The Hall–Kier alpha value is 0.280. The molecule has 0 aliphatic carbocycles. The number of alkyl halides is 1. The van der Waals surface area contributed by atoms with Crippen molar-refractivity contribution < 1.29 is 24.8 Å². The van der Waals surface area contributed by atoms with Crippen LogP contribution in [-0.4, -0.2) is 53.1 Å². The maximum absolute atomic E-state index is 9.47. The van der Waals surface area contributed by atoms with Crippen LogP contribution in [0.25, 0.3) is 0 Å². The fraction of sp³-hybridized carbons (Fsp3) is 1.00. The molecule has 3 atom stereocenters. The van der Waals surface area contributed by atoms with Crippen LogP contribution in [0.15, 0.2) is 0 Å². The number of aliphatic hydroxyl groups excluding tert-OH is 3. The smallest absolute Gasteiger partial charge is 0.186 e. The van der Waals surface area contributed by atoms with E-state index in [1.807, 2.05) is 0 Å². The first-order chi connectivity index (χ1) is 7.74. The van der Waals surface area contributed by atoms with Gasteiger partial charge >= 0.3 is 0 Å². The van der Waals surface area contributed by atoms with Crippen molar-refractivity contribution in [1.29, 1.82) is 0 Å². The van der Waals surface area contributed by atoms with Gasteiger partial charge in [0.15, 0.2) is 12.6 Å². The average Bonchev–Trinajstić information content (AvgIpc) is 2.32. The Kier molecular flexibility index (Phi) is 10.6. The normalized spacial score (nSPS) is 26.8. The van der Waals surface area contributed by atoms with Gasteiger partial charge in [0.1, 0.15) is 6.10 Å². The number of hydrogen-bond donors (Lipinski definition) is 3. The zero-order valence-electron chi connectivity index (χ0n) is 9.51. The van der Waals surface area contributed by atoms with E-state index in [4.69, 9.17) is 14.6 Å². The van der Waals surface area contributed by atoms with Gasteiger partial charge in [-0.3, -0.25) is 0 Å². The molecule has 0 aromatic carbocycles. The molecular weight excluding hydrogens is 280 g/mol. The summed E-state index contributed by atoms with van der Waals surface area (Å²) in [4.78, 5) is 0. The molecule has 3 N–H and O–H groups in total. The van der Waals surface area contributed by atoms with Crippen molar-refractivity contribution in [3.8, 4) is 0 Å². The zero-order valence-corrected chi connectivity index (χ0v) is 11.1. The zero-order chi connectivity index (χ0) is 12.4. The van der Waals surface area contributed by atoms with Crippen molar-refractivity contribution >= 4 is 15.9 Å². The van der Waals surface area contributed by atoms with Gasteiger partial charge in [-0.1, -0.05) is 15.9 Å². The van der Waals surface area contributed by atoms with E-state index in [1.165, 1.54) is 0 Å². The van der Waals surface area contributed by atoms with Gasteiger partial charge in [-0.05, 0) is 25.7 Å². The van der Waals surface area contributed by atoms with Crippen LogP contribution in [0, 0.1) is 0 Å². The minimum atomic E-state index is -0.842. The van der Waals surface area contributed by atoms with Crippen molar-refractivity contribution in [2.75, 3.05) is 19.0 Å². The lowest BCUT2D eigenvalue weighted by Crippen LogP contribution is -2.38. The van der Waals surface area contributed by atoms with Gasteiger partial charge in [-0.25, -0.2) is 0 Å². The Morgan fingerprint density at radius 2 is 2.19 bits per heavy atom. The topological polar surface area (TPSA) is 79.2 Å². The third-order valence-electron chi connectivity index (χ3n) is 2.12. The highest BCUT2D eigenvalue weighted by molar-refractivity contribution is 9.09. The lowest BCUT2D eigenvalue weighted by atomic mass is 10.1. The molecule has 5 nitrogen and oxygen atoms in total. The van der Waals surface area contributed by atoms with E-state index in [2.05, 4.69) is 15.9 Å². The van der Waals surface area contributed by atoms with Crippen molar-refractivity contribution in [2.24, 2.45) is 0 Å². The molecule has 0 spiro atoms. The SMILES string of the molecule is CO.OC(CCCBr)OC1OCCCC1O. The molecule has 0 saturated carbocycles. The average molecular weight is 301 g/mol. The molecular formula is C10H21BrO5. The Balaban J connectivity index is 0.00000106. The van der Waals surface area contributed by atoms with Crippen LogP contribution in [0.5, 0.6) is 0 Å². The first-order valence-corrected chi connectivity index (χ1v) is 6.50. The van der Waals surface area contributed by atoms with Crippen molar-refractivity contribution in [3.05, 3.63) is 0 Å². The molecule has 1 rings (SSSR count). The Morgan fingerprint density at radius 3 is 2.75 bits per heavy atom. The monoisotopic (exact) mass is 300 g/mol. The van der Waals surface area contributed by atoms with Gasteiger partial charge in [0.05, 0.1) is 0 Å². The fourth-order valence-corrected chi connectivity index (χ4v) is 1.67. The van der Waals surface area contributed by atoms with E-state index in [1.54, 1.807) is 0 Å². The van der Waals surface area contributed by atoms with Crippen molar-refractivity contribution in [3.63, 3.8) is 0 Å². The highest BCUT2D eigenvalue weighted by Gasteiger charge is 2.26. The van der Waals surface area contributed by atoms with Crippen molar-refractivity contribution in [1.82, 2.24) is 0 Å². The number of rotatable bonds is 5. The molecule has 0 aromatic rings. The summed E-state index contributed by atoms with van der Waals surface area (Å²) in [6.07, 6.45) is 0.803. The molecule has 1 aliphatic rings. The van der Waals surface area contributed by atoms with Gasteiger partial charge in [-0.15, -0.1) is 0 Å². The third kappa shape index (κ3) is 6.78. The van der Waals surface area contributed by atoms with Crippen LogP contribution < -0.4 is 0 Å². The summed E-state index contributed by atoms with van der Waals surface area (Å²) in [7, 11) is 1.00. The van der Waals surface area contributed by atoms with Crippen LogP contribution in [0.1, 0.15) is 25.7 Å². The highest BCUT2D eigenvalue weighted by atomic mass is 79.9. The maximum Gasteiger partial charge on any atom is 0.186 e. The Labute approximate surface area is 105 Å². The molecule has 3 unspecified atom stereocenters. The standard InChI is InChI=1S/C9H17BrO4.CH4O/c10-5-1-4-8(12)14-9-7(11)3-2-6-13-9;1-2/h7-9,11-12H,1-6H2;2H,1H3. The van der Waals surface area contributed by atoms with Gasteiger partial charge in [0, 0.05) is 19.0 Å². The Bertz CT molecular complexity index is 158. The summed E-state index contributed by atoms with van der Waals surface area (Å²) < 4.78 is 10.4. The van der Waals surface area contributed by atoms with Crippen LogP contribution in [0.2, 0.25) is 0 Å². The minimum absolute atomic E-state index is 0.553. The molecule has 0 radical (unpaired) electrons. The highest BCUT2D eigenvalue weighted by Crippen LogP contribution is 2.17. The van der Waals surface area contributed by atoms with E-state index in [-0.39, 0.29) is 0 Å². The van der Waals surface area contributed by atoms with Crippen molar-refractivity contribution in [2.45, 2.75) is 44.4 Å². The summed E-state index contributed by atoms with van der Waals surface area (Å²) in [5, 5.41) is 26.7. The quantitative estimate of drug-likeness (QED) is 0.512. The summed E-state index contributed by atoms with van der Waals surface area (Å²) in [6.45, 7) is 0.590. The van der Waals surface area contributed by atoms with Crippen LogP contribution in [0.4, 0.5) is 0 Å². The molecule has 0 bridgehead atoms. The summed E-state index contributed by atoms with van der Waals surface area (Å²) in [6, 6.07) is 0. The minimum Gasteiger partial charge on any atom is -0.400 e. The van der Waals surface area contributed by atoms with E-state index in [9.17, 15) is 10.2 Å². The maximum atomic E-state index is 9.47.